The van der Waals surface area contributed by atoms with Gasteiger partial charge in [0, 0.05) is 48.9 Å². The van der Waals surface area contributed by atoms with Gasteiger partial charge in [-0.15, -0.1) is 11.3 Å². The molecule has 0 bridgehead atoms. The number of nitrogens with zero attached hydrogens (tertiary/aromatic N) is 2. The van der Waals surface area contributed by atoms with E-state index in [-0.39, 0.29) is 17.9 Å². The molecule has 0 saturated carbocycles. The Hall–Kier alpha value is -2.63. The highest BCUT2D eigenvalue weighted by Gasteiger charge is 2.43. The van der Waals surface area contributed by atoms with E-state index in [1.165, 1.54) is 0 Å². The summed E-state index contributed by atoms with van der Waals surface area (Å²) in [5.41, 5.74) is 3.38. The quantitative estimate of drug-likeness (QED) is 0.677. The maximum atomic E-state index is 12.4. The predicted octanol–water partition coefficient (Wildman–Crippen LogP) is 4.53. The monoisotopic (exact) mass is 406 g/mol. The lowest BCUT2D eigenvalue weighted by molar-refractivity contribution is -0.128. The van der Waals surface area contributed by atoms with Crippen molar-refractivity contribution in [2.24, 2.45) is 0 Å². The summed E-state index contributed by atoms with van der Waals surface area (Å²) in [6, 6.07) is 22.2. The summed E-state index contributed by atoms with van der Waals surface area (Å²) in [7, 11) is 5.85. The highest BCUT2D eigenvalue weighted by molar-refractivity contribution is 7.15. The first-order valence-corrected chi connectivity index (χ1v) is 10.6. The summed E-state index contributed by atoms with van der Waals surface area (Å²) in [6.45, 7) is 0. The molecule has 2 heterocycles. The number of carbonyl (C=O) groups excluding carboxylic acids is 1. The fourth-order valence-electron chi connectivity index (χ4n) is 4.11. The lowest BCUT2D eigenvalue weighted by Gasteiger charge is -2.29. The minimum atomic E-state index is -0.715. The van der Waals surface area contributed by atoms with E-state index in [0.29, 0.717) is 6.42 Å². The van der Waals surface area contributed by atoms with Crippen molar-refractivity contribution in [2.75, 3.05) is 26.0 Å². The molecular weight excluding hydrogens is 380 g/mol. The van der Waals surface area contributed by atoms with E-state index in [0.717, 1.165) is 26.6 Å². The highest BCUT2D eigenvalue weighted by Crippen LogP contribution is 2.42. The van der Waals surface area contributed by atoms with Gasteiger partial charge in [-0.2, -0.15) is 0 Å². The van der Waals surface area contributed by atoms with Crippen LogP contribution < -0.4 is 4.90 Å². The molecule has 1 saturated heterocycles. The zero-order chi connectivity index (χ0) is 20.5. The van der Waals surface area contributed by atoms with Crippen molar-refractivity contribution >= 4 is 22.9 Å². The third-order valence-electron chi connectivity index (χ3n) is 5.76. The number of likely N-dealkylation sites (N-methyl/N-ethyl adjacent to an activating group) is 1. The summed E-state index contributed by atoms with van der Waals surface area (Å²) in [5, 5.41) is 11.3. The highest BCUT2D eigenvalue weighted by atomic mass is 32.1. The number of rotatable bonds is 5. The number of thiophene rings is 1. The largest absolute Gasteiger partial charge is 0.385 e. The zero-order valence-corrected chi connectivity index (χ0v) is 17.8. The Morgan fingerprint density at radius 2 is 1.83 bits per heavy atom. The van der Waals surface area contributed by atoms with Crippen molar-refractivity contribution < 1.29 is 9.90 Å². The van der Waals surface area contributed by atoms with E-state index >= 15 is 0 Å². The summed E-state index contributed by atoms with van der Waals surface area (Å²) in [5.74, 6) is 0.0738. The molecule has 150 valence electrons. The van der Waals surface area contributed by atoms with Gasteiger partial charge in [0.1, 0.15) is 6.10 Å². The molecule has 4 rings (SSSR count). The predicted molar refractivity (Wildman–Crippen MR) is 119 cm³/mol. The molecule has 4 nitrogen and oxygen atoms in total. The lowest BCUT2D eigenvalue weighted by atomic mass is 9.88. The molecule has 1 aliphatic rings. The molecule has 1 unspecified atom stereocenters. The number of anilines is 1. The summed E-state index contributed by atoms with van der Waals surface area (Å²) < 4.78 is 0. The molecule has 1 aliphatic heterocycles. The van der Waals surface area contributed by atoms with E-state index in [1.807, 2.05) is 50.5 Å². The van der Waals surface area contributed by atoms with Crippen LogP contribution in [0.1, 0.15) is 28.9 Å². The van der Waals surface area contributed by atoms with E-state index < -0.39 is 6.10 Å². The minimum absolute atomic E-state index is 0.00804. The van der Waals surface area contributed by atoms with Crippen LogP contribution in [-0.2, 0) is 4.79 Å². The molecule has 3 atom stereocenters. The molecular formula is C24H26N2O2S. The molecule has 3 aromatic rings. The maximum Gasteiger partial charge on any atom is 0.223 e. The van der Waals surface area contributed by atoms with Crippen LogP contribution in [0.3, 0.4) is 0 Å². The third-order valence-corrected chi connectivity index (χ3v) is 6.97. The molecule has 1 fully saturated rings. The van der Waals surface area contributed by atoms with E-state index in [2.05, 4.69) is 35.2 Å². The van der Waals surface area contributed by atoms with Crippen LogP contribution in [0.15, 0.2) is 66.7 Å². The van der Waals surface area contributed by atoms with Crippen LogP contribution in [0.25, 0.3) is 10.4 Å². The van der Waals surface area contributed by atoms with Gasteiger partial charge >= 0.3 is 0 Å². The third kappa shape index (κ3) is 3.80. The molecule has 0 radical (unpaired) electrons. The second-order valence-electron chi connectivity index (χ2n) is 7.81. The first-order chi connectivity index (χ1) is 14.0. The average molecular weight is 407 g/mol. The minimum Gasteiger partial charge on any atom is -0.385 e. The van der Waals surface area contributed by atoms with Gasteiger partial charge in [-0.25, -0.2) is 0 Å². The summed E-state index contributed by atoms with van der Waals surface area (Å²) in [4.78, 5) is 18.3. The van der Waals surface area contributed by atoms with Crippen molar-refractivity contribution in [3.8, 4) is 10.4 Å². The number of likely N-dealkylation sites (tertiary alicyclic amines) is 1. The van der Waals surface area contributed by atoms with Gasteiger partial charge in [0.05, 0.1) is 6.04 Å². The Kier molecular flexibility index (Phi) is 5.43. The van der Waals surface area contributed by atoms with E-state index in [9.17, 15) is 9.90 Å². The van der Waals surface area contributed by atoms with Crippen LogP contribution in [-0.4, -0.2) is 43.1 Å². The van der Waals surface area contributed by atoms with Crippen molar-refractivity contribution in [1.82, 2.24) is 4.90 Å². The lowest BCUT2D eigenvalue weighted by Crippen LogP contribution is -2.36. The molecule has 1 aromatic heterocycles. The Bertz CT molecular complexity index is 999. The van der Waals surface area contributed by atoms with Crippen LogP contribution in [0.5, 0.6) is 0 Å². The standard InChI is InChI=1S/C24H26N2O2S/c1-25(2)18-11-7-10-17(14-18)20-12-13-21(29-20)24(28)23-19(15-22(27)26(23)3)16-8-5-4-6-9-16/h4-14,19,23-24,28H,15H2,1-3H3/t19-,23-,24?/m1/s1. The van der Waals surface area contributed by atoms with Gasteiger partial charge in [-0.3, -0.25) is 4.79 Å². The smallest absolute Gasteiger partial charge is 0.223 e. The van der Waals surface area contributed by atoms with Crippen LogP contribution in [0.4, 0.5) is 5.69 Å². The van der Waals surface area contributed by atoms with E-state index in [4.69, 9.17) is 0 Å². The SMILES string of the molecule is CN(C)c1cccc(-c2ccc(C(O)[C@H]3[C@@H](c4ccccc4)CC(=O)N3C)s2)c1. The number of hydrogen-bond donors (Lipinski definition) is 1. The Morgan fingerprint density at radius 3 is 2.55 bits per heavy atom. The Balaban J connectivity index is 1.63. The van der Waals surface area contributed by atoms with Crippen molar-refractivity contribution in [2.45, 2.75) is 24.5 Å². The average Bonchev–Trinajstić information content (AvgIpc) is 3.34. The van der Waals surface area contributed by atoms with Crippen molar-refractivity contribution in [3.63, 3.8) is 0 Å². The van der Waals surface area contributed by atoms with Crippen LogP contribution in [0.2, 0.25) is 0 Å². The fourth-order valence-corrected chi connectivity index (χ4v) is 5.14. The first kappa shape index (κ1) is 19.7. The molecule has 5 heteroatoms. The molecule has 29 heavy (non-hydrogen) atoms. The van der Waals surface area contributed by atoms with Gasteiger partial charge in [-0.1, -0.05) is 42.5 Å². The second-order valence-corrected chi connectivity index (χ2v) is 8.92. The topological polar surface area (TPSA) is 43.8 Å². The number of aliphatic hydroxyl groups excluding tert-OH is 1. The molecule has 0 spiro atoms. The molecule has 2 aromatic carbocycles. The number of aliphatic hydroxyl groups is 1. The number of amides is 1. The van der Waals surface area contributed by atoms with Gasteiger partial charge in [0.2, 0.25) is 5.91 Å². The van der Waals surface area contributed by atoms with Gasteiger partial charge < -0.3 is 14.9 Å². The van der Waals surface area contributed by atoms with E-state index in [1.54, 1.807) is 23.3 Å². The Morgan fingerprint density at radius 1 is 1.07 bits per heavy atom. The number of hydrogen-bond acceptors (Lipinski definition) is 4. The van der Waals surface area contributed by atoms with Crippen molar-refractivity contribution in [1.29, 1.82) is 0 Å². The molecule has 1 N–H and O–H groups in total. The molecule has 1 amide bonds. The number of carbonyl (C=O) groups is 1. The van der Waals surface area contributed by atoms with Crippen LogP contribution >= 0.6 is 11.3 Å². The first-order valence-electron chi connectivity index (χ1n) is 9.82. The zero-order valence-electron chi connectivity index (χ0n) is 16.9. The van der Waals surface area contributed by atoms with Crippen LogP contribution in [0, 0.1) is 0 Å². The maximum absolute atomic E-state index is 12.4. The number of benzene rings is 2. The van der Waals surface area contributed by atoms with Gasteiger partial charge in [-0.05, 0) is 35.4 Å². The van der Waals surface area contributed by atoms with Crippen molar-refractivity contribution in [3.05, 3.63) is 77.2 Å². The fraction of sp³-hybridized carbons (Fsp3) is 0.292. The summed E-state index contributed by atoms with van der Waals surface area (Å²) in [6.07, 6.45) is -0.279. The van der Waals surface area contributed by atoms with Gasteiger partial charge in [0.15, 0.2) is 0 Å². The normalized spacial score (nSPS) is 20.1. The van der Waals surface area contributed by atoms with Gasteiger partial charge in [0.25, 0.3) is 0 Å². The second kappa shape index (κ2) is 8.01. The summed E-state index contributed by atoms with van der Waals surface area (Å²) >= 11 is 1.60. The Labute approximate surface area is 176 Å². The molecule has 0 aliphatic carbocycles.